The van der Waals surface area contributed by atoms with Crippen molar-refractivity contribution >= 4 is 44.3 Å². The second-order valence-corrected chi connectivity index (χ2v) is 19.5. The Morgan fingerprint density at radius 3 is 2.61 bits per heavy atom. The van der Waals surface area contributed by atoms with Crippen LogP contribution < -0.4 is 10.6 Å². The van der Waals surface area contributed by atoms with E-state index in [1.54, 1.807) is 31.0 Å². The summed E-state index contributed by atoms with van der Waals surface area (Å²) >= 11 is 7.12. The normalized spacial score (nSPS) is 36.3. The summed E-state index contributed by atoms with van der Waals surface area (Å²) in [6.45, 7) is 6.71. The molecule has 13 nitrogen and oxygen atoms in total. The molecule has 0 radical (unpaired) electrons. The molecule has 0 spiro atoms. The maximum absolute atomic E-state index is 13.8. The highest BCUT2D eigenvalue weighted by Gasteiger charge is 2.61. The van der Waals surface area contributed by atoms with Crippen LogP contribution >= 0.6 is 11.8 Å². The van der Waals surface area contributed by atoms with Crippen molar-refractivity contribution in [1.82, 2.24) is 10.6 Å². The summed E-state index contributed by atoms with van der Waals surface area (Å²) in [4.78, 5) is 26.5. The van der Waals surface area contributed by atoms with Crippen LogP contribution in [0.15, 0.2) is 65.4 Å². The summed E-state index contributed by atoms with van der Waals surface area (Å²) in [5.74, 6) is 11.2. The quantitative estimate of drug-likeness (QED) is 0.207. The number of fused-ring (bicyclic) bond motifs is 2. The maximum Gasteiger partial charge on any atom is 0.411 e. The van der Waals surface area contributed by atoms with Crippen LogP contribution in [-0.2, 0) is 63.3 Å². The number of ketones is 1. The first kappa shape index (κ1) is 45.6. The van der Waals surface area contributed by atoms with E-state index in [0.717, 1.165) is 5.56 Å². The van der Waals surface area contributed by atoms with Gasteiger partial charge >= 0.3 is 6.09 Å². The minimum absolute atomic E-state index is 0.0593. The van der Waals surface area contributed by atoms with Crippen LogP contribution in [0.3, 0.4) is 0 Å². The predicted octanol–water partition coefficient (Wildman–Crippen LogP) is 3.62. The number of amides is 1. The summed E-state index contributed by atoms with van der Waals surface area (Å²) in [5, 5.41) is 17.9. The highest BCUT2D eigenvalue weighted by atomic mass is 32.8. The molecular formula is C43H54N2O11S3. The number of carbonyl (C=O) groups is 2. The van der Waals surface area contributed by atoms with Gasteiger partial charge in [0.05, 0.1) is 61.0 Å². The lowest BCUT2D eigenvalue weighted by molar-refractivity contribution is -0.369. The molecule has 59 heavy (non-hydrogen) atoms. The number of methoxy groups -OCH3 is 2. The van der Waals surface area contributed by atoms with Gasteiger partial charge < -0.3 is 48.3 Å². The number of carbonyl (C=O) groups excluding carboxylic acids is 2. The number of nitrogens with one attached hydrogen (secondary N) is 2. The number of alkyl carbamates (subject to hydrolysis) is 1. The molecule has 0 saturated carbocycles. The van der Waals surface area contributed by atoms with Gasteiger partial charge in [-0.1, -0.05) is 85.1 Å². The molecule has 3 aliphatic heterocycles. The fraction of sp³-hybridized carbons (Fsp3) is 0.581. The molecule has 13 atom stereocenters. The van der Waals surface area contributed by atoms with Gasteiger partial charge in [0.1, 0.15) is 18.3 Å². The summed E-state index contributed by atoms with van der Waals surface area (Å²) < 4.78 is 50.8. The van der Waals surface area contributed by atoms with E-state index in [9.17, 15) is 14.7 Å². The Kier molecular flexibility index (Phi) is 16.0. The van der Waals surface area contributed by atoms with Gasteiger partial charge in [-0.3, -0.25) is 10.1 Å². The van der Waals surface area contributed by atoms with Crippen LogP contribution in [0, 0.1) is 29.6 Å². The zero-order chi connectivity index (χ0) is 42.3. The third-order valence-electron chi connectivity index (χ3n) is 11.0. The van der Waals surface area contributed by atoms with Gasteiger partial charge in [0, 0.05) is 42.9 Å². The second kappa shape index (κ2) is 20.8. The molecule has 320 valence electrons. The van der Waals surface area contributed by atoms with Crippen LogP contribution in [0.5, 0.6) is 0 Å². The second-order valence-electron chi connectivity index (χ2n) is 15.1. The van der Waals surface area contributed by atoms with E-state index in [-0.39, 0.29) is 42.5 Å². The van der Waals surface area contributed by atoms with Crippen molar-refractivity contribution in [2.75, 3.05) is 45.7 Å². The van der Waals surface area contributed by atoms with E-state index in [4.69, 9.17) is 49.1 Å². The molecule has 1 aromatic rings. The minimum atomic E-state index is -1.27. The zero-order valence-electron chi connectivity index (χ0n) is 34.3. The maximum atomic E-state index is 13.8. The monoisotopic (exact) mass is 870 g/mol. The predicted molar refractivity (Wildman–Crippen MR) is 228 cm³/mol. The lowest BCUT2D eigenvalue weighted by Gasteiger charge is -2.56. The zero-order valence-corrected chi connectivity index (χ0v) is 36.8. The number of ether oxygens (including phenoxy) is 8. The molecule has 3 heterocycles. The first-order chi connectivity index (χ1) is 28.4. The fourth-order valence-electron chi connectivity index (χ4n) is 8.02. The minimum Gasteiger partial charge on any atom is -0.453 e. The summed E-state index contributed by atoms with van der Waals surface area (Å²) in [5.41, 5.74) is 1.35. The summed E-state index contributed by atoms with van der Waals surface area (Å²) in [6.07, 6.45) is 0.721. The number of hydrogen-bond acceptors (Lipinski definition) is 14. The van der Waals surface area contributed by atoms with Gasteiger partial charge in [0.2, 0.25) is 0 Å². The molecule has 1 amide bonds. The van der Waals surface area contributed by atoms with Crippen LogP contribution in [0.1, 0.15) is 45.5 Å². The molecule has 1 aromatic carbocycles. The Bertz CT molecular complexity index is 1920. The van der Waals surface area contributed by atoms with E-state index in [0.29, 0.717) is 24.4 Å². The molecular weight excluding hydrogens is 817 g/mol. The molecule has 3 saturated heterocycles. The number of aliphatic hydroxyl groups excluding tert-OH is 1. The van der Waals surface area contributed by atoms with Gasteiger partial charge in [-0.2, -0.15) is 11.8 Å². The van der Waals surface area contributed by atoms with Gasteiger partial charge in [0.15, 0.2) is 24.7 Å². The SMILES string of the molecule is COC(=O)NC1=C2C#C/C=C\C#C[C@H](OC3OC(C)C4(SC)COC(c5ccccc5)OC4C3OC3CC(OC)C(NC(C)C)CO3)C2/C(=C\CS(C)=S)[C@@H](O)CC1=O. The van der Waals surface area contributed by atoms with Crippen molar-refractivity contribution in [3.05, 3.63) is 71.0 Å². The number of allylic oxidation sites excluding steroid dienone is 3. The van der Waals surface area contributed by atoms with E-state index in [2.05, 4.69) is 48.2 Å². The Morgan fingerprint density at radius 2 is 1.92 bits per heavy atom. The third-order valence-corrected chi connectivity index (χ3v) is 13.5. The number of rotatable bonds is 12. The van der Waals surface area contributed by atoms with Gasteiger partial charge in [-0.05, 0) is 37.2 Å². The van der Waals surface area contributed by atoms with E-state index >= 15 is 0 Å². The Hall–Kier alpha value is -2.94. The number of benzene rings is 1. The average molecular weight is 871 g/mol. The lowest BCUT2D eigenvalue weighted by Crippen LogP contribution is -2.70. The van der Waals surface area contributed by atoms with Crippen molar-refractivity contribution in [1.29, 1.82) is 0 Å². The Balaban J connectivity index is 1.46. The molecule has 11 unspecified atom stereocenters. The standard InChI is InChI=1S/C43H54N2O11S3/c1-25(2)44-30-23-51-35(22-34(30)49-4)55-38-39-43(58-6,24-52-40(56-39)27-15-11-10-12-16-27)26(3)53-41(38)54-33-18-14-9-8-13-17-29-36(33)28(19-20-59(7)57)31(46)21-32(47)37(29)45-42(48)50-5/h8-12,15-16,19,25-26,30-31,33-36,38-41,44,46H,20-24H2,1-7H3,(H,45,48)/b9-8-,28-19-/t26?,30?,31-,33-,34?,35?,36?,38?,39?,40?,41?,43?,59?/m0/s1. The number of hydrogen-bond donors (Lipinski definition) is 3. The van der Waals surface area contributed by atoms with Gasteiger partial charge in [0.25, 0.3) is 0 Å². The first-order valence-corrected chi connectivity index (χ1v) is 23.6. The topological polar surface area (TPSA) is 152 Å². The van der Waals surface area contributed by atoms with Gasteiger partial charge in [-0.15, -0.1) is 9.45 Å². The Labute approximate surface area is 358 Å². The molecule has 2 aliphatic carbocycles. The molecule has 3 N–H and O–H groups in total. The molecule has 6 rings (SSSR count). The summed E-state index contributed by atoms with van der Waals surface area (Å²) in [6, 6.07) is 9.84. The molecule has 16 heteroatoms. The van der Waals surface area contributed by atoms with E-state index in [1.165, 1.54) is 7.11 Å². The third kappa shape index (κ3) is 10.6. The van der Waals surface area contributed by atoms with Gasteiger partial charge in [-0.25, -0.2) is 4.79 Å². The van der Waals surface area contributed by atoms with Crippen molar-refractivity contribution in [2.24, 2.45) is 5.92 Å². The largest absolute Gasteiger partial charge is 0.453 e. The first-order valence-electron chi connectivity index (χ1n) is 19.6. The van der Waals surface area contributed by atoms with Crippen molar-refractivity contribution < 1.29 is 52.6 Å². The van der Waals surface area contributed by atoms with E-state index < -0.39 is 81.4 Å². The molecule has 0 bridgehead atoms. The average Bonchev–Trinajstić information content (AvgIpc) is 3.26. The highest BCUT2D eigenvalue weighted by molar-refractivity contribution is 8.28. The van der Waals surface area contributed by atoms with Crippen LogP contribution in [-0.4, -0.2) is 129 Å². The highest BCUT2D eigenvalue weighted by Crippen LogP contribution is 2.49. The lowest BCUT2D eigenvalue weighted by atomic mass is 9.83. The molecule has 3 fully saturated rings. The smallest absolute Gasteiger partial charge is 0.411 e. The fourth-order valence-corrected chi connectivity index (χ4v) is 9.65. The van der Waals surface area contributed by atoms with Crippen molar-refractivity contribution in [3.63, 3.8) is 0 Å². The van der Waals surface area contributed by atoms with Crippen molar-refractivity contribution in [3.8, 4) is 23.7 Å². The van der Waals surface area contributed by atoms with Crippen LogP contribution in [0.4, 0.5) is 4.79 Å². The number of Topliss-reactive ketones (excluding diaryl/α,β-unsaturated/α-hetero) is 1. The van der Waals surface area contributed by atoms with Crippen LogP contribution in [0.25, 0.3) is 0 Å². The number of aliphatic hydroxyl groups is 1. The van der Waals surface area contributed by atoms with Crippen molar-refractivity contribution in [2.45, 2.75) is 106 Å². The molecule has 5 aliphatic rings. The number of thioether (sulfide) groups is 1. The van der Waals surface area contributed by atoms with Crippen LogP contribution in [0.2, 0.25) is 0 Å². The molecule has 0 aromatic heterocycles. The Morgan fingerprint density at radius 1 is 1.15 bits per heavy atom. The summed E-state index contributed by atoms with van der Waals surface area (Å²) in [7, 11) is 2.39. The van der Waals surface area contributed by atoms with E-state index in [1.807, 2.05) is 55.8 Å².